The number of aromatic nitrogens is 2. The first-order chi connectivity index (χ1) is 14.4. The summed E-state index contributed by atoms with van der Waals surface area (Å²) in [5.41, 5.74) is 1.89. The lowest BCUT2D eigenvalue weighted by atomic mass is 10.1. The Morgan fingerprint density at radius 3 is 2.73 bits per heavy atom. The number of carbonyl (C=O) groups excluding carboxylic acids is 1. The Balaban J connectivity index is 1.81. The molecule has 0 saturated carbocycles. The van der Waals surface area contributed by atoms with E-state index in [1.807, 2.05) is 0 Å². The van der Waals surface area contributed by atoms with Crippen LogP contribution in [0.3, 0.4) is 0 Å². The lowest BCUT2D eigenvalue weighted by molar-refractivity contribution is -0.919. The molecule has 0 radical (unpaired) electrons. The number of nitrogens with zero attached hydrogens (tertiary/aromatic N) is 3. The van der Waals surface area contributed by atoms with E-state index in [0.717, 1.165) is 48.8 Å². The van der Waals surface area contributed by atoms with E-state index in [0.29, 0.717) is 43.1 Å². The van der Waals surface area contributed by atoms with Gasteiger partial charge in [0.25, 0.3) is 5.88 Å². The summed E-state index contributed by atoms with van der Waals surface area (Å²) in [6, 6.07) is 0. The molecular weight excluding hydrogens is 406 g/mol. The second-order valence-corrected chi connectivity index (χ2v) is 8.62. The third-order valence-corrected chi connectivity index (χ3v) is 5.68. The number of carboxylic acid groups (broad SMARTS) is 1. The summed E-state index contributed by atoms with van der Waals surface area (Å²) < 4.78 is 20.7. The predicted octanol–water partition coefficient (Wildman–Crippen LogP) is 3.88. The Morgan fingerprint density at radius 2 is 1.97 bits per heavy atom. The van der Waals surface area contributed by atoms with Crippen molar-refractivity contribution < 1.29 is 28.7 Å². The van der Waals surface area contributed by atoms with Crippen molar-refractivity contribution in [3.8, 4) is 5.88 Å². The average molecular weight is 441 g/mol. The molecule has 0 fully saturated rings. The van der Waals surface area contributed by atoms with Gasteiger partial charge in [-0.1, -0.05) is 32.3 Å². The molecule has 0 spiro atoms. The van der Waals surface area contributed by atoms with E-state index in [2.05, 4.69) is 28.8 Å². The molecule has 9 heteroatoms. The molecule has 0 aliphatic carbocycles. The Kier molecular flexibility index (Phi) is 10.2. The predicted molar refractivity (Wildman–Crippen MR) is 115 cm³/mol. The van der Waals surface area contributed by atoms with Crippen molar-refractivity contribution in [3.63, 3.8) is 0 Å². The van der Waals surface area contributed by atoms with E-state index >= 15 is 0 Å². The van der Waals surface area contributed by atoms with Gasteiger partial charge in [-0.05, 0) is 19.3 Å². The highest BCUT2D eigenvalue weighted by Crippen LogP contribution is 2.30. The fourth-order valence-corrected chi connectivity index (χ4v) is 3.93. The topological polar surface area (TPSA) is 98.6 Å². The van der Waals surface area contributed by atoms with Crippen LogP contribution in [0.5, 0.6) is 5.88 Å². The molecule has 1 aliphatic rings. The number of quaternary nitrogens is 1. The van der Waals surface area contributed by atoms with Gasteiger partial charge in [0.15, 0.2) is 0 Å². The molecule has 0 saturated heterocycles. The lowest BCUT2D eigenvalue weighted by Gasteiger charge is -2.36. The Labute approximate surface area is 182 Å². The number of hydrogen-bond acceptors (Lipinski definition) is 7. The largest absolute Gasteiger partial charge is 0.481 e. The molecule has 8 nitrogen and oxygen atoms in total. The number of hydrogen-bond donors (Lipinski definition) is 1. The molecule has 2 rings (SSSR count). The normalized spacial score (nSPS) is 18.7. The monoisotopic (exact) mass is 440 g/mol. The molecule has 0 aromatic carbocycles. The van der Waals surface area contributed by atoms with Gasteiger partial charge >= 0.3 is 11.9 Å². The van der Waals surface area contributed by atoms with Crippen molar-refractivity contribution in [1.29, 1.82) is 0 Å². The second-order valence-electron chi connectivity index (χ2n) is 8.09. The van der Waals surface area contributed by atoms with Crippen molar-refractivity contribution in [2.45, 2.75) is 64.7 Å². The molecule has 1 aromatic heterocycles. The van der Waals surface area contributed by atoms with Crippen molar-refractivity contribution in [2.24, 2.45) is 0 Å². The molecule has 1 unspecified atom stereocenters. The van der Waals surface area contributed by atoms with Crippen LogP contribution in [0.4, 0.5) is 0 Å². The van der Waals surface area contributed by atoms with Crippen LogP contribution < -0.4 is 4.74 Å². The number of rotatable bonds is 14. The zero-order valence-electron chi connectivity index (χ0n) is 18.1. The number of likely N-dealkylation sites (N-methyl/N-ethyl adjacent to an activating group) is 1. The Hall–Kier alpha value is -2.00. The summed E-state index contributed by atoms with van der Waals surface area (Å²) in [5, 5.41) is 8.65. The molecule has 30 heavy (non-hydrogen) atoms. The Morgan fingerprint density at radius 1 is 1.17 bits per heavy atom. The fourth-order valence-electron chi connectivity index (χ4n) is 3.40. The number of unbranched alkanes of at least 4 members (excludes halogenated alkanes) is 4. The van der Waals surface area contributed by atoms with Gasteiger partial charge in [-0.2, -0.15) is 4.37 Å². The quantitative estimate of drug-likeness (QED) is 0.266. The number of ether oxygens (including phenoxy) is 2. The van der Waals surface area contributed by atoms with Gasteiger partial charge in [0.2, 0.25) is 6.73 Å². The van der Waals surface area contributed by atoms with Crippen LogP contribution in [0.25, 0.3) is 5.57 Å². The zero-order chi connectivity index (χ0) is 21.8. The minimum atomic E-state index is -0.838. The fraction of sp³-hybridized carbons (Fsp3) is 0.714. The van der Waals surface area contributed by atoms with Crippen LogP contribution in [-0.2, 0) is 14.3 Å². The minimum absolute atomic E-state index is 0.0832. The number of esters is 1. The summed E-state index contributed by atoms with van der Waals surface area (Å²) in [6.07, 6.45) is 8.98. The molecule has 1 N–H and O–H groups in total. The first kappa shape index (κ1) is 24.3. The smallest absolute Gasteiger partial charge is 0.310 e. The van der Waals surface area contributed by atoms with Gasteiger partial charge in [0, 0.05) is 24.8 Å². The maximum absolute atomic E-state index is 12.0. The second kappa shape index (κ2) is 12.6. The van der Waals surface area contributed by atoms with Crippen LogP contribution in [0.15, 0.2) is 6.08 Å². The van der Waals surface area contributed by atoms with Crippen LogP contribution >= 0.6 is 11.7 Å². The van der Waals surface area contributed by atoms with Gasteiger partial charge in [-0.3, -0.25) is 14.1 Å². The van der Waals surface area contributed by atoms with Crippen LogP contribution in [0.2, 0.25) is 0 Å². The third-order valence-electron chi connectivity index (χ3n) is 5.17. The van der Waals surface area contributed by atoms with E-state index in [9.17, 15) is 9.59 Å². The van der Waals surface area contributed by atoms with E-state index in [1.54, 1.807) is 0 Å². The molecule has 1 aromatic rings. The zero-order valence-corrected chi connectivity index (χ0v) is 18.9. The molecule has 0 bridgehead atoms. The molecule has 1 aliphatic heterocycles. The highest BCUT2D eigenvalue weighted by Gasteiger charge is 2.31. The van der Waals surface area contributed by atoms with E-state index in [4.69, 9.17) is 14.6 Å². The van der Waals surface area contributed by atoms with Crippen molar-refractivity contribution in [3.05, 3.63) is 11.8 Å². The standard InChI is InChI=1S/C21H33N3O5S/c1-3-4-5-8-14-28-21-20(22-30-23-21)17-10-9-13-24(2,15-17)16-29-19(27)12-7-6-11-18(25)26/h10H,3-9,11-16H2,1-2H3/p+1. The molecule has 1 atom stereocenters. The van der Waals surface area contributed by atoms with Crippen LogP contribution in [0.1, 0.15) is 70.4 Å². The molecule has 0 amide bonds. The molecule has 168 valence electrons. The van der Waals surface area contributed by atoms with Gasteiger partial charge < -0.3 is 14.6 Å². The summed E-state index contributed by atoms with van der Waals surface area (Å²) in [4.78, 5) is 22.5. The van der Waals surface area contributed by atoms with Gasteiger partial charge in [0.05, 0.1) is 31.9 Å². The summed E-state index contributed by atoms with van der Waals surface area (Å²) in [6.45, 7) is 4.70. The highest BCUT2D eigenvalue weighted by atomic mass is 32.1. The van der Waals surface area contributed by atoms with Crippen molar-refractivity contribution in [2.75, 3.05) is 33.5 Å². The number of carboxylic acids is 1. The van der Waals surface area contributed by atoms with E-state index < -0.39 is 5.97 Å². The maximum Gasteiger partial charge on any atom is 0.310 e. The Bertz CT molecular complexity index is 721. The number of aliphatic carboxylic acids is 1. The van der Waals surface area contributed by atoms with Crippen molar-refractivity contribution in [1.82, 2.24) is 8.75 Å². The summed E-state index contributed by atoms with van der Waals surface area (Å²) >= 11 is 1.16. The lowest BCUT2D eigenvalue weighted by Crippen LogP contribution is -2.49. The minimum Gasteiger partial charge on any atom is -0.481 e. The maximum atomic E-state index is 12.0. The van der Waals surface area contributed by atoms with Crippen LogP contribution in [0, 0.1) is 0 Å². The van der Waals surface area contributed by atoms with Crippen LogP contribution in [-0.4, -0.2) is 63.8 Å². The van der Waals surface area contributed by atoms with Gasteiger partial charge in [0.1, 0.15) is 12.2 Å². The van der Waals surface area contributed by atoms with Gasteiger partial charge in [-0.15, -0.1) is 4.37 Å². The first-order valence-corrected chi connectivity index (χ1v) is 11.5. The highest BCUT2D eigenvalue weighted by molar-refractivity contribution is 6.99. The molecular formula is C21H34N3O5S+. The number of carbonyl (C=O) groups is 2. The molecule has 2 heterocycles. The summed E-state index contributed by atoms with van der Waals surface area (Å²) in [7, 11) is 2.07. The first-order valence-electron chi connectivity index (χ1n) is 10.8. The third kappa shape index (κ3) is 8.39. The summed E-state index contributed by atoms with van der Waals surface area (Å²) in [5.74, 6) is -0.510. The average Bonchev–Trinajstić information content (AvgIpc) is 3.18. The van der Waals surface area contributed by atoms with Gasteiger partial charge in [-0.25, -0.2) is 0 Å². The van der Waals surface area contributed by atoms with Crippen molar-refractivity contribution >= 4 is 29.2 Å². The SMILES string of the molecule is CCCCCCOc1nsnc1C1=CCC[N+](C)(COC(=O)CCCCC(=O)O)C1. The van der Waals surface area contributed by atoms with E-state index in [1.165, 1.54) is 12.8 Å². The van der Waals surface area contributed by atoms with E-state index in [-0.39, 0.29) is 18.8 Å².